The van der Waals surface area contributed by atoms with Crippen LogP contribution in [0.5, 0.6) is 5.88 Å². The molecule has 2 heterocycles. The molecule has 0 spiro atoms. The van der Waals surface area contributed by atoms with Crippen LogP contribution in [0.25, 0.3) is 10.6 Å². The smallest absolute Gasteiger partial charge is 0.388 e. The summed E-state index contributed by atoms with van der Waals surface area (Å²) in [5.74, 6) is -0.158. The summed E-state index contributed by atoms with van der Waals surface area (Å²) >= 11 is 1.21. The molecule has 0 aliphatic rings. The number of ether oxygens (including phenoxy) is 1. The molecule has 0 radical (unpaired) electrons. The third-order valence-electron chi connectivity index (χ3n) is 2.13. The van der Waals surface area contributed by atoms with Gasteiger partial charge in [0.2, 0.25) is 5.88 Å². The standard InChI is InChI=1S/C11H10F2N2O2S/c1-6-2-8(9(14-3-6)17-11(12)13)10-15-4-7(5-16)18-10/h2-4,11,16H,5H2,1H3. The van der Waals surface area contributed by atoms with Crippen LogP contribution in [0.3, 0.4) is 0 Å². The Morgan fingerprint density at radius 2 is 2.17 bits per heavy atom. The van der Waals surface area contributed by atoms with E-state index in [0.29, 0.717) is 15.4 Å². The van der Waals surface area contributed by atoms with Gasteiger partial charge in [0.05, 0.1) is 17.0 Å². The Labute approximate surface area is 106 Å². The molecule has 0 aromatic carbocycles. The van der Waals surface area contributed by atoms with Crippen molar-refractivity contribution in [2.45, 2.75) is 20.1 Å². The summed E-state index contributed by atoms with van der Waals surface area (Å²) in [6, 6.07) is 1.67. The highest BCUT2D eigenvalue weighted by atomic mass is 32.1. The maximum atomic E-state index is 12.3. The Bertz CT molecular complexity index is 546. The molecule has 0 aliphatic heterocycles. The third kappa shape index (κ3) is 2.80. The van der Waals surface area contributed by atoms with Crippen molar-refractivity contribution in [2.24, 2.45) is 0 Å². The summed E-state index contributed by atoms with van der Waals surface area (Å²) in [5.41, 5.74) is 1.22. The second-order valence-corrected chi connectivity index (χ2v) is 4.65. The molecule has 2 rings (SSSR count). The number of thiazole rings is 1. The maximum Gasteiger partial charge on any atom is 0.388 e. The van der Waals surface area contributed by atoms with Crippen molar-refractivity contribution in [1.82, 2.24) is 9.97 Å². The molecule has 7 heteroatoms. The number of aliphatic hydroxyl groups excluding tert-OH is 1. The first-order chi connectivity index (χ1) is 8.60. The van der Waals surface area contributed by atoms with E-state index in [1.807, 2.05) is 0 Å². The molecule has 18 heavy (non-hydrogen) atoms. The highest BCUT2D eigenvalue weighted by Crippen LogP contribution is 2.32. The van der Waals surface area contributed by atoms with Crippen molar-refractivity contribution in [1.29, 1.82) is 0 Å². The average Bonchev–Trinajstić information content (AvgIpc) is 2.79. The fourth-order valence-electron chi connectivity index (χ4n) is 1.39. The van der Waals surface area contributed by atoms with Gasteiger partial charge < -0.3 is 9.84 Å². The maximum absolute atomic E-state index is 12.3. The van der Waals surface area contributed by atoms with Crippen LogP contribution in [-0.4, -0.2) is 21.7 Å². The zero-order valence-electron chi connectivity index (χ0n) is 9.43. The summed E-state index contributed by atoms with van der Waals surface area (Å²) in [6.45, 7) is -1.28. The van der Waals surface area contributed by atoms with E-state index in [4.69, 9.17) is 5.11 Å². The molecule has 2 aromatic rings. The number of aliphatic hydroxyl groups is 1. The predicted molar refractivity (Wildman–Crippen MR) is 62.6 cm³/mol. The zero-order valence-corrected chi connectivity index (χ0v) is 10.2. The Kier molecular flexibility index (Phi) is 3.83. The molecule has 2 aromatic heterocycles. The van der Waals surface area contributed by atoms with Crippen LogP contribution < -0.4 is 4.74 Å². The summed E-state index contributed by atoms with van der Waals surface area (Å²) in [6.07, 6.45) is 2.94. The average molecular weight is 272 g/mol. The van der Waals surface area contributed by atoms with Crippen LogP contribution in [-0.2, 0) is 6.61 Å². The van der Waals surface area contributed by atoms with Gasteiger partial charge in [-0.1, -0.05) is 0 Å². The molecule has 96 valence electrons. The third-order valence-corrected chi connectivity index (χ3v) is 3.14. The lowest BCUT2D eigenvalue weighted by atomic mass is 10.2. The molecule has 1 N–H and O–H groups in total. The topological polar surface area (TPSA) is 55.2 Å². The van der Waals surface area contributed by atoms with Gasteiger partial charge in [0, 0.05) is 12.4 Å². The van der Waals surface area contributed by atoms with Gasteiger partial charge in [-0.05, 0) is 18.6 Å². The molecule has 0 aliphatic carbocycles. The fraction of sp³-hybridized carbons (Fsp3) is 0.273. The molecule has 0 saturated carbocycles. The number of alkyl halides is 2. The second-order valence-electron chi connectivity index (χ2n) is 3.53. The van der Waals surface area contributed by atoms with E-state index in [9.17, 15) is 8.78 Å². The number of hydrogen-bond donors (Lipinski definition) is 1. The summed E-state index contributed by atoms with van der Waals surface area (Å²) in [4.78, 5) is 8.54. The van der Waals surface area contributed by atoms with Crippen molar-refractivity contribution in [2.75, 3.05) is 0 Å². The van der Waals surface area contributed by atoms with E-state index >= 15 is 0 Å². The summed E-state index contributed by atoms with van der Waals surface area (Å²) < 4.78 is 28.9. The molecule has 0 amide bonds. The first-order valence-corrected chi connectivity index (χ1v) is 5.89. The fourth-order valence-corrected chi connectivity index (χ4v) is 2.17. The summed E-state index contributed by atoms with van der Waals surface area (Å²) in [5, 5.41) is 9.46. The zero-order chi connectivity index (χ0) is 13.1. The molecule has 0 fully saturated rings. The molecule has 0 atom stereocenters. The van der Waals surface area contributed by atoms with Crippen molar-refractivity contribution in [3.63, 3.8) is 0 Å². The molecule has 0 unspecified atom stereocenters. The highest BCUT2D eigenvalue weighted by molar-refractivity contribution is 7.15. The van der Waals surface area contributed by atoms with Crippen molar-refractivity contribution in [3.8, 4) is 16.5 Å². The summed E-state index contributed by atoms with van der Waals surface area (Å²) in [7, 11) is 0. The van der Waals surface area contributed by atoms with E-state index in [1.165, 1.54) is 23.7 Å². The lowest BCUT2D eigenvalue weighted by Crippen LogP contribution is -2.05. The normalized spacial score (nSPS) is 10.9. The molecular formula is C11H10F2N2O2S. The molecule has 0 bridgehead atoms. The van der Waals surface area contributed by atoms with Crippen LogP contribution in [0.15, 0.2) is 18.5 Å². The molecule has 4 nitrogen and oxygen atoms in total. The van der Waals surface area contributed by atoms with Crippen LogP contribution in [0.2, 0.25) is 0 Å². The second kappa shape index (κ2) is 5.36. The quantitative estimate of drug-likeness (QED) is 0.929. The van der Waals surface area contributed by atoms with Gasteiger partial charge in [-0.3, -0.25) is 0 Å². The van der Waals surface area contributed by atoms with Crippen molar-refractivity contribution in [3.05, 3.63) is 28.9 Å². The predicted octanol–water partition coefficient (Wildman–Crippen LogP) is 2.61. The largest absolute Gasteiger partial charge is 0.416 e. The Morgan fingerprint density at radius 3 is 2.78 bits per heavy atom. The van der Waals surface area contributed by atoms with E-state index < -0.39 is 6.61 Å². The van der Waals surface area contributed by atoms with E-state index in [1.54, 1.807) is 13.0 Å². The monoisotopic (exact) mass is 272 g/mol. The van der Waals surface area contributed by atoms with Gasteiger partial charge in [-0.25, -0.2) is 9.97 Å². The highest BCUT2D eigenvalue weighted by Gasteiger charge is 2.15. The van der Waals surface area contributed by atoms with E-state index in [2.05, 4.69) is 14.7 Å². The first-order valence-electron chi connectivity index (χ1n) is 5.07. The minimum Gasteiger partial charge on any atom is -0.416 e. The number of aryl methyl sites for hydroxylation is 1. The SMILES string of the molecule is Cc1cnc(OC(F)F)c(-c2ncc(CO)s2)c1. The van der Waals surface area contributed by atoms with Crippen LogP contribution in [0.1, 0.15) is 10.4 Å². The van der Waals surface area contributed by atoms with Gasteiger partial charge >= 0.3 is 6.61 Å². The van der Waals surface area contributed by atoms with Gasteiger partial charge in [-0.15, -0.1) is 11.3 Å². The van der Waals surface area contributed by atoms with Crippen LogP contribution in [0, 0.1) is 6.92 Å². The lowest BCUT2D eigenvalue weighted by Gasteiger charge is -2.08. The van der Waals surface area contributed by atoms with Gasteiger partial charge in [0.1, 0.15) is 5.01 Å². The van der Waals surface area contributed by atoms with Crippen molar-refractivity contribution >= 4 is 11.3 Å². The first kappa shape index (κ1) is 12.8. The van der Waals surface area contributed by atoms with Crippen molar-refractivity contribution < 1.29 is 18.6 Å². The Hall–Kier alpha value is -1.60. The minimum atomic E-state index is -2.93. The number of nitrogens with zero attached hydrogens (tertiary/aromatic N) is 2. The number of rotatable bonds is 4. The van der Waals surface area contributed by atoms with Gasteiger partial charge in [-0.2, -0.15) is 8.78 Å². The Morgan fingerprint density at radius 1 is 1.39 bits per heavy atom. The van der Waals surface area contributed by atoms with Gasteiger partial charge in [0.15, 0.2) is 0 Å². The number of pyridine rings is 1. The number of halogens is 2. The van der Waals surface area contributed by atoms with E-state index in [0.717, 1.165) is 5.56 Å². The minimum absolute atomic E-state index is 0.137. The lowest BCUT2D eigenvalue weighted by molar-refractivity contribution is -0.0524. The molecular weight excluding hydrogens is 262 g/mol. The van der Waals surface area contributed by atoms with Gasteiger partial charge in [0.25, 0.3) is 0 Å². The Balaban J connectivity index is 2.43. The molecule has 0 saturated heterocycles. The number of hydrogen-bond acceptors (Lipinski definition) is 5. The van der Waals surface area contributed by atoms with Crippen LogP contribution >= 0.6 is 11.3 Å². The number of aromatic nitrogens is 2. The van der Waals surface area contributed by atoms with Crippen LogP contribution in [0.4, 0.5) is 8.78 Å². The van der Waals surface area contributed by atoms with E-state index in [-0.39, 0.29) is 12.5 Å².